The number of nitrogens with one attached hydrogen (secondary N) is 1. The molecule has 0 radical (unpaired) electrons. The summed E-state index contributed by atoms with van der Waals surface area (Å²) < 4.78 is 10.9. The van der Waals surface area contributed by atoms with E-state index < -0.39 is 0 Å². The number of hydrogen-bond acceptors (Lipinski definition) is 5. The highest BCUT2D eigenvalue weighted by molar-refractivity contribution is 4.95. The minimum atomic E-state index is 0.0404. The molecule has 2 heterocycles. The molecular formula is C14H25N3O2. The summed E-state index contributed by atoms with van der Waals surface area (Å²) in [5.74, 6) is 1.97. The van der Waals surface area contributed by atoms with Gasteiger partial charge in [-0.25, -0.2) is 0 Å². The average molecular weight is 267 g/mol. The molecule has 2 atom stereocenters. The lowest BCUT2D eigenvalue weighted by Gasteiger charge is -2.20. The maximum atomic E-state index is 5.57. The first-order chi connectivity index (χ1) is 9.20. The molecule has 2 unspecified atom stereocenters. The molecule has 0 spiro atoms. The SMILES string of the molecule is CCCNC(Cc1nc(C2CCCO2)no1)C(C)C. The van der Waals surface area contributed by atoms with Crippen LogP contribution >= 0.6 is 0 Å². The Morgan fingerprint density at radius 3 is 2.89 bits per heavy atom. The fourth-order valence-electron chi connectivity index (χ4n) is 2.32. The highest BCUT2D eigenvalue weighted by Gasteiger charge is 2.24. The predicted molar refractivity (Wildman–Crippen MR) is 72.8 cm³/mol. The summed E-state index contributed by atoms with van der Waals surface area (Å²) in [7, 11) is 0. The first-order valence-electron chi connectivity index (χ1n) is 7.38. The molecule has 2 rings (SSSR count). The van der Waals surface area contributed by atoms with Gasteiger partial charge in [0.05, 0.1) is 0 Å². The molecule has 0 aliphatic carbocycles. The van der Waals surface area contributed by atoms with Crippen molar-refractivity contribution in [1.82, 2.24) is 15.5 Å². The van der Waals surface area contributed by atoms with E-state index >= 15 is 0 Å². The highest BCUT2D eigenvalue weighted by Crippen LogP contribution is 2.26. The molecule has 5 heteroatoms. The van der Waals surface area contributed by atoms with Gasteiger partial charge in [0.2, 0.25) is 11.7 Å². The van der Waals surface area contributed by atoms with E-state index in [-0.39, 0.29) is 6.10 Å². The highest BCUT2D eigenvalue weighted by atomic mass is 16.5. The van der Waals surface area contributed by atoms with Crippen LogP contribution in [0.15, 0.2) is 4.52 Å². The van der Waals surface area contributed by atoms with Gasteiger partial charge in [0, 0.05) is 19.1 Å². The Labute approximate surface area is 115 Å². The van der Waals surface area contributed by atoms with Crippen LogP contribution < -0.4 is 5.32 Å². The Bertz CT molecular complexity index is 373. The Balaban J connectivity index is 1.93. The molecule has 0 saturated carbocycles. The molecule has 1 aliphatic rings. The summed E-state index contributed by atoms with van der Waals surface area (Å²) in [5, 5.41) is 7.59. The van der Waals surface area contributed by atoms with Crippen LogP contribution in [0.2, 0.25) is 0 Å². The number of ether oxygens (including phenoxy) is 1. The van der Waals surface area contributed by atoms with E-state index in [1.807, 2.05) is 0 Å². The molecule has 108 valence electrons. The van der Waals surface area contributed by atoms with Crippen molar-refractivity contribution in [2.45, 2.75) is 58.6 Å². The van der Waals surface area contributed by atoms with Crippen molar-refractivity contribution < 1.29 is 9.26 Å². The van der Waals surface area contributed by atoms with Crippen LogP contribution in [0, 0.1) is 5.92 Å². The molecule has 1 aromatic heterocycles. The third kappa shape index (κ3) is 4.01. The Hall–Kier alpha value is -0.940. The standard InChI is InChI=1S/C14H25N3O2/c1-4-7-15-11(10(2)3)9-13-16-14(17-19-13)12-6-5-8-18-12/h10-12,15H,4-9H2,1-3H3. The Kier molecular flexibility index (Phi) is 5.34. The number of nitrogens with zero attached hydrogens (tertiary/aromatic N) is 2. The van der Waals surface area contributed by atoms with Gasteiger partial charge in [0.15, 0.2) is 0 Å². The second-order valence-electron chi connectivity index (χ2n) is 5.56. The largest absolute Gasteiger partial charge is 0.370 e. The minimum Gasteiger partial charge on any atom is -0.370 e. The van der Waals surface area contributed by atoms with Crippen molar-refractivity contribution in [2.75, 3.05) is 13.2 Å². The maximum Gasteiger partial charge on any atom is 0.228 e. The third-order valence-electron chi connectivity index (χ3n) is 3.56. The quantitative estimate of drug-likeness (QED) is 0.822. The lowest BCUT2D eigenvalue weighted by molar-refractivity contribution is 0.103. The van der Waals surface area contributed by atoms with Crippen LogP contribution in [0.25, 0.3) is 0 Å². The third-order valence-corrected chi connectivity index (χ3v) is 3.56. The van der Waals surface area contributed by atoms with Gasteiger partial charge in [0.25, 0.3) is 0 Å². The zero-order valence-electron chi connectivity index (χ0n) is 12.2. The van der Waals surface area contributed by atoms with Gasteiger partial charge in [-0.2, -0.15) is 4.98 Å². The van der Waals surface area contributed by atoms with Crippen molar-refractivity contribution in [1.29, 1.82) is 0 Å². The first-order valence-corrected chi connectivity index (χ1v) is 7.38. The normalized spacial score (nSPS) is 21.2. The second-order valence-corrected chi connectivity index (χ2v) is 5.56. The van der Waals surface area contributed by atoms with E-state index in [9.17, 15) is 0 Å². The Morgan fingerprint density at radius 2 is 2.26 bits per heavy atom. The second kappa shape index (κ2) is 7.01. The molecule has 1 fully saturated rings. The molecule has 19 heavy (non-hydrogen) atoms. The van der Waals surface area contributed by atoms with Crippen LogP contribution in [0.4, 0.5) is 0 Å². The molecular weight excluding hydrogens is 242 g/mol. The van der Waals surface area contributed by atoms with Crippen LogP contribution in [0.3, 0.4) is 0 Å². The van der Waals surface area contributed by atoms with Gasteiger partial charge in [-0.1, -0.05) is 25.9 Å². The lowest BCUT2D eigenvalue weighted by atomic mass is 10.0. The summed E-state index contributed by atoms with van der Waals surface area (Å²) in [6.07, 6.45) is 4.05. The van der Waals surface area contributed by atoms with Gasteiger partial charge in [-0.3, -0.25) is 0 Å². The van der Waals surface area contributed by atoms with E-state index in [1.54, 1.807) is 0 Å². The zero-order valence-corrected chi connectivity index (χ0v) is 12.2. The van der Waals surface area contributed by atoms with Crippen molar-refractivity contribution in [2.24, 2.45) is 5.92 Å². The molecule has 1 saturated heterocycles. The van der Waals surface area contributed by atoms with E-state index in [1.165, 1.54) is 0 Å². The number of aromatic nitrogens is 2. The Morgan fingerprint density at radius 1 is 1.42 bits per heavy atom. The summed E-state index contributed by atoms with van der Waals surface area (Å²) in [5.41, 5.74) is 0. The van der Waals surface area contributed by atoms with E-state index in [4.69, 9.17) is 9.26 Å². The van der Waals surface area contributed by atoms with E-state index in [0.717, 1.165) is 38.8 Å². The van der Waals surface area contributed by atoms with Crippen LogP contribution in [0.1, 0.15) is 57.9 Å². The number of rotatable bonds is 7. The minimum absolute atomic E-state index is 0.0404. The van der Waals surface area contributed by atoms with Crippen molar-refractivity contribution in [3.05, 3.63) is 11.7 Å². The topological polar surface area (TPSA) is 60.2 Å². The molecule has 5 nitrogen and oxygen atoms in total. The monoisotopic (exact) mass is 267 g/mol. The first kappa shape index (κ1) is 14.5. The van der Waals surface area contributed by atoms with Gasteiger partial charge in [-0.15, -0.1) is 0 Å². The molecule has 1 aromatic rings. The lowest BCUT2D eigenvalue weighted by Crippen LogP contribution is -2.36. The molecule has 1 N–H and O–H groups in total. The predicted octanol–water partition coefficient (Wildman–Crippen LogP) is 2.49. The van der Waals surface area contributed by atoms with Crippen molar-refractivity contribution in [3.63, 3.8) is 0 Å². The van der Waals surface area contributed by atoms with Crippen LogP contribution in [0.5, 0.6) is 0 Å². The summed E-state index contributed by atoms with van der Waals surface area (Å²) in [6.45, 7) is 8.43. The van der Waals surface area contributed by atoms with E-state index in [0.29, 0.717) is 23.7 Å². The van der Waals surface area contributed by atoms with Gasteiger partial charge < -0.3 is 14.6 Å². The summed E-state index contributed by atoms with van der Waals surface area (Å²) in [6, 6.07) is 0.387. The molecule has 1 aliphatic heterocycles. The summed E-state index contributed by atoms with van der Waals surface area (Å²) in [4.78, 5) is 4.48. The zero-order chi connectivity index (χ0) is 13.7. The van der Waals surface area contributed by atoms with Crippen molar-refractivity contribution in [3.8, 4) is 0 Å². The van der Waals surface area contributed by atoms with Gasteiger partial charge >= 0.3 is 0 Å². The smallest absolute Gasteiger partial charge is 0.228 e. The van der Waals surface area contributed by atoms with Crippen molar-refractivity contribution >= 4 is 0 Å². The van der Waals surface area contributed by atoms with E-state index in [2.05, 4.69) is 36.2 Å². The fourth-order valence-corrected chi connectivity index (χ4v) is 2.32. The summed E-state index contributed by atoms with van der Waals surface area (Å²) >= 11 is 0. The molecule has 0 aromatic carbocycles. The fraction of sp³-hybridized carbons (Fsp3) is 0.857. The van der Waals surface area contributed by atoms with Crippen LogP contribution in [-0.4, -0.2) is 29.3 Å². The van der Waals surface area contributed by atoms with Gasteiger partial charge in [0.1, 0.15) is 6.10 Å². The number of hydrogen-bond donors (Lipinski definition) is 1. The van der Waals surface area contributed by atoms with Gasteiger partial charge in [-0.05, 0) is 31.7 Å². The average Bonchev–Trinajstić information content (AvgIpc) is 3.04. The molecule has 0 bridgehead atoms. The molecule has 0 amide bonds. The van der Waals surface area contributed by atoms with Crippen LogP contribution in [-0.2, 0) is 11.2 Å². The maximum absolute atomic E-state index is 5.57.